The minimum atomic E-state index is -3.74. The quantitative estimate of drug-likeness (QED) is 0.770. The molecule has 3 rings (SSSR count). The standard InChI is InChI=1S/C19H22ClN3O4S/c1-27-18-7-6-16(10-17(18)20)28(25,26)23-9-3-5-15(13-23)19(24)22-12-14-4-2-8-21-11-14/h2,4,6-8,10-11,15H,3,5,9,12-13H2,1H3,(H,22,24)/t15-/m1/s1. The Bertz CT molecular complexity index is 937. The summed E-state index contributed by atoms with van der Waals surface area (Å²) in [6.07, 6.45) is 4.62. The second-order valence-corrected chi connectivity index (χ2v) is 8.92. The first kappa shape index (κ1) is 20.6. The van der Waals surface area contributed by atoms with Gasteiger partial charge in [0.2, 0.25) is 15.9 Å². The van der Waals surface area contributed by atoms with Crippen LogP contribution in [-0.4, -0.2) is 43.8 Å². The lowest BCUT2D eigenvalue weighted by molar-refractivity contribution is -0.126. The summed E-state index contributed by atoms with van der Waals surface area (Å²) < 4.78 is 32.4. The molecule has 0 spiro atoms. The van der Waals surface area contributed by atoms with E-state index in [2.05, 4.69) is 10.3 Å². The smallest absolute Gasteiger partial charge is 0.243 e. The Hall–Kier alpha value is -2.16. The van der Waals surface area contributed by atoms with Crippen LogP contribution in [0.4, 0.5) is 0 Å². The number of halogens is 1. The third-order valence-corrected chi connectivity index (χ3v) is 6.86. The number of piperidine rings is 1. The van der Waals surface area contributed by atoms with Crippen LogP contribution < -0.4 is 10.1 Å². The molecule has 150 valence electrons. The Morgan fingerprint density at radius 1 is 1.39 bits per heavy atom. The number of aromatic nitrogens is 1. The number of carbonyl (C=O) groups is 1. The van der Waals surface area contributed by atoms with E-state index in [4.69, 9.17) is 16.3 Å². The molecule has 0 radical (unpaired) electrons. The summed E-state index contributed by atoms with van der Waals surface area (Å²) in [5, 5.41) is 3.09. The lowest BCUT2D eigenvalue weighted by Crippen LogP contribution is -2.45. The molecule has 9 heteroatoms. The number of pyridine rings is 1. The molecule has 7 nitrogen and oxygen atoms in total. The van der Waals surface area contributed by atoms with E-state index in [1.165, 1.54) is 29.6 Å². The maximum absolute atomic E-state index is 13.0. The van der Waals surface area contributed by atoms with Crippen LogP contribution in [0.2, 0.25) is 5.02 Å². The summed E-state index contributed by atoms with van der Waals surface area (Å²) in [4.78, 5) is 16.6. The van der Waals surface area contributed by atoms with E-state index in [1.807, 2.05) is 6.07 Å². The van der Waals surface area contributed by atoms with Crippen molar-refractivity contribution in [3.63, 3.8) is 0 Å². The minimum Gasteiger partial charge on any atom is -0.495 e. The van der Waals surface area contributed by atoms with Gasteiger partial charge < -0.3 is 10.1 Å². The van der Waals surface area contributed by atoms with Crippen LogP contribution in [0.15, 0.2) is 47.6 Å². The highest BCUT2D eigenvalue weighted by atomic mass is 35.5. The van der Waals surface area contributed by atoms with Gasteiger partial charge in [0.15, 0.2) is 0 Å². The fraction of sp³-hybridized carbons (Fsp3) is 0.368. The van der Waals surface area contributed by atoms with Gasteiger partial charge in [0.05, 0.1) is 22.9 Å². The monoisotopic (exact) mass is 423 g/mol. The molecule has 2 aromatic rings. The molecule has 1 aromatic heterocycles. The molecule has 0 bridgehead atoms. The highest BCUT2D eigenvalue weighted by Crippen LogP contribution is 2.30. The van der Waals surface area contributed by atoms with Gasteiger partial charge in [-0.3, -0.25) is 9.78 Å². The molecule has 1 saturated heterocycles. The summed E-state index contributed by atoms with van der Waals surface area (Å²) in [5.74, 6) is -0.141. The zero-order valence-electron chi connectivity index (χ0n) is 15.5. The summed E-state index contributed by atoms with van der Waals surface area (Å²) in [6.45, 7) is 0.882. The topological polar surface area (TPSA) is 88.6 Å². The first-order chi connectivity index (χ1) is 13.4. The molecule has 1 N–H and O–H groups in total. The van der Waals surface area contributed by atoms with E-state index in [1.54, 1.807) is 18.5 Å². The Kier molecular flexibility index (Phi) is 6.53. The Balaban J connectivity index is 1.68. The summed E-state index contributed by atoms with van der Waals surface area (Å²) >= 11 is 6.08. The zero-order valence-corrected chi connectivity index (χ0v) is 17.0. The van der Waals surface area contributed by atoms with Gasteiger partial charge in [-0.05, 0) is 42.7 Å². The summed E-state index contributed by atoms with van der Waals surface area (Å²) in [5.41, 5.74) is 0.893. The van der Waals surface area contributed by atoms with Crippen molar-refractivity contribution in [1.29, 1.82) is 0 Å². The molecular formula is C19H22ClN3O4S. The van der Waals surface area contributed by atoms with E-state index in [0.717, 1.165) is 5.56 Å². The van der Waals surface area contributed by atoms with E-state index in [0.29, 0.717) is 31.7 Å². The highest BCUT2D eigenvalue weighted by Gasteiger charge is 2.33. The molecule has 1 amide bonds. The van der Waals surface area contributed by atoms with Gasteiger partial charge in [0, 0.05) is 32.0 Å². The first-order valence-corrected chi connectivity index (χ1v) is 10.7. The van der Waals surface area contributed by atoms with Crippen LogP contribution in [0.3, 0.4) is 0 Å². The maximum atomic E-state index is 13.0. The number of hydrogen-bond acceptors (Lipinski definition) is 5. The van der Waals surface area contributed by atoms with E-state index in [9.17, 15) is 13.2 Å². The summed E-state index contributed by atoms with van der Waals surface area (Å²) in [7, 11) is -2.27. The number of nitrogens with zero attached hydrogens (tertiary/aromatic N) is 2. The molecule has 1 aliphatic heterocycles. The van der Waals surface area contributed by atoms with Crippen molar-refractivity contribution in [2.24, 2.45) is 5.92 Å². The van der Waals surface area contributed by atoms with Crippen molar-refractivity contribution in [2.45, 2.75) is 24.3 Å². The first-order valence-electron chi connectivity index (χ1n) is 8.92. The van der Waals surface area contributed by atoms with E-state index >= 15 is 0 Å². The number of amides is 1. The Morgan fingerprint density at radius 2 is 2.21 bits per heavy atom. The lowest BCUT2D eigenvalue weighted by Gasteiger charge is -2.31. The fourth-order valence-electron chi connectivity index (χ4n) is 3.17. The molecule has 1 fully saturated rings. The van der Waals surface area contributed by atoms with Crippen LogP contribution in [0.25, 0.3) is 0 Å². The van der Waals surface area contributed by atoms with Gasteiger partial charge in [0.1, 0.15) is 5.75 Å². The van der Waals surface area contributed by atoms with Gasteiger partial charge in [-0.1, -0.05) is 17.7 Å². The van der Waals surface area contributed by atoms with Gasteiger partial charge >= 0.3 is 0 Å². The predicted molar refractivity (Wildman–Crippen MR) is 106 cm³/mol. The van der Waals surface area contributed by atoms with E-state index in [-0.39, 0.29) is 22.4 Å². The Morgan fingerprint density at radius 3 is 2.89 bits per heavy atom. The highest BCUT2D eigenvalue weighted by molar-refractivity contribution is 7.89. The largest absolute Gasteiger partial charge is 0.495 e. The van der Waals surface area contributed by atoms with Gasteiger partial charge in [-0.15, -0.1) is 0 Å². The second-order valence-electron chi connectivity index (χ2n) is 6.58. The number of carbonyl (C=O) groups excluding carboxylic acids is 1. The van der Waals surface area contributed by atoms with Crippen molar-refractivity contribution in [2.75, 3.05) is 20.2 Å². The third kappa shape index (κ3) is 4.63. The fourth-order valence-corrected chi connectivity index (χ4v) is 5.04. The van der Waals surface area contributed by atoms with E-state index < -0.39 is 15.9 Å². The Labute approximate surface area is 169 Å². The van der Waals surface area contributed by atoms with Crippen molar-refractivity contribution < 1.29 is 17.9 Å². The SMILES string of the molecule is COc1ccc(S(=O)(=O)N2CCC[C@@H](C(=O)NCc3cccnc3)C2)cc1Cl. The minimum absolute atomic E-state index is 0.0923. The number of rotatable bonds is 6. The molecule has 2 heterocycles. The average molecular weight is 424 g/mol. The van der Waals surface area contributed by atoms with Crippen LogP contribution in [0.5, 0.6) is 5.75 Å². The van der Waals surface area contributed by atoms with Crippen LogP contribution in [0.1, 0.15) is 18.4 Å². The molecule has 28 heavy (non-hydrogen) atoms. The average Bonchev–Trinajstić information content (AvgIpc) is 2.72. The van der Waals surface area contributed by atoms with Crippen molar-refractivity contribution >= 4 is 27.5 Å². The summed E-state index contributed by atoms with van der Waals surface area (Å²) in [6, 6.07) is 8.04. The van der Waals surface area contributed by atoms with Crippen LogP contribution in [-0.2, 0) is 21.4 Å². The van der Waals surface area contributed by atoms with Gasteiger partial charge in [-0.2, -0.15) is 4.31 Å². The lowest BCUT2D eigenvalue weighted by atomic mass is 9.99. The molecule has 0 unspecified atom stereocenters. The number of benzene rings is 1. The van der Waals surface area contributed by atoms with Gasteiger partial charge in [0.25, 0.3) is 0 Å². The normalized spacial score (nSPS) is 17.9. The second kappa shape index (κ2) is 8.89. The van der Waals surface area contributed by atoms with Crippen LogP contribution >= 0.6 is 11.6 Å². The number of ether oxygens (including phenoxy) is 1. The van der Waals surface area contributed by atoms with Crippen molar-refractivity contribution in [1.82, 2.24) is 14.6 Å². The van der Waals surface area contributed by atoms with Crippen molar-refractivity contribution in [3.05, 3.63) is 53.3 Å². The molecule has 0 saturated carbocycles. The predicted octanol–water partition coefficient (Wildman–Crippen LogP) is 2.46. The number of hydrogen-bond donors (Lipinski definition) is 1. The van der Waals surface area contributed by atoms with Gasteiger partial charge in [-0.25, -0.2) is 8.42 Å². The molecule has 1 aromatic carbocycles. The number of nitrogens with one attached hydrogen (secondary N) is 1. The number of sulfonamides is 1. The molecule has 0 aliphatic carbocycles. The van der Waals surface area contributed by atoms with Crippen molar-refractivity contribution in [3.8, 4) is 5.75 Å². The zero-order chi connectivity index (χ0) is 20.1. The maximum Gasteiger partial charge on any atom is 0.243 e. The molecule has 1 aliphatic rings. The number of methoxy groups -OCH3 is 1. The third-order valence-electron chi connectivity index (χ3n) is 4.71. The molecule has 1 atom stereocenters. The van der Waals surface area contributed by atoms with Crippen LogP contribution in [0, 0.1) is 5.92 Å². The molecular weight excluding hydrogens is 402 g/mol.